The van der Waals surface area contributed by atoms with Gasteiger partial charge in [0.05, 0.1) is 7.11 Å². The summed E-state index contributed by atoms with van der Waals surface area (Å²) in [6.07, 6.45) is 0. The number of hydrogen-bond acceptors (Lipinski definition) is 4. The second kappa shape index (κ2) is 7.09. The number of halogens is 1. The van der Waals surface area contributed by atoms with Crippen LogP contribution in [0.2, 0.25) is 0 Å². The Hall–Kier alpha value is -1.62. The fourth-order valence-electron chi connectivity index (χ4n) is 1.57. The minimum absolute atomic E-state index is 0.0906. The van der Waals surface area contributed by atoms with Crippen LogP contribution in [-0.2, 0) is 9.53 Å². The van der Waals surface area contributed by atoms with Crippen LogP contribution in [-0.4, -0.2) is 31.8 Å². The lowest BCUT2D eigenvalue weighted by atomic mass is 10.2. The van der Waals surface area contributed by atoms with Crippen molar-refractivity contribution >= 4 is 5.97 Å². The maximum absolute atomic E-state index is 13.4. The second-order valence-corrected chi connectivity index (χ2v) is 4.62. The third-order valence-electron chi connectivity index (χ3n) is 2.58. The zero-order valence-electron chi connectivity index (χ0n) is 11.7. The first-order valence-corrected chi connectivity index (χ1v) is 6.17. The molecule has 1 atom stereocenters. The molecule has 0 heterocycles. The third-order valence-corrected chi connectivity index (χ3v) is 2.58. The van der Waals surface area contributed by atoms with Gasteiger partial charge >= 0.3 is 5.97 Å². The molecular formula is C14H20FNO3. The van der Waals surface area contributed by atoms with Gasteiger partial charge in [0.15, 0.2) is 0 Å². The number of carbonyl (C=O) groups is 1. The summed E-state index contributed by atoms with van der Waals surface area (Å²) >= 11 is 0. The van der Waals surface area contributed by atoms with Crippen LogP contribution in [0.1, 0.15) is 19.4 Å². The van der Waals surface area contributed by atoms with E-state index in [0.717, 1.165) is 0 Å². The maximum atomic E-state index is 13.4. The van der Waals surface area contributed by atoms with Crippen molar-refractivity contribution in [3.05, 3.63) is 29.6 Å². The van der Waals surface area contributed by atoms with Gasteiger partial charge in [0.2, 0.25) is 0 Å². The van der Waals surface area contributed by atoms with E-state index in [1.165, 1.54) is 13.2 Å². The normalized spacial score (nSPS) is 12.3. The summed E-state index contributed by atoms with van der Waals surface area (Å²) in [5, 5.41) is 3.03. The van der Waals surface area contributed by atoms with Crippen LogP contribution < -0.4 is 10.1 Å². The number of rotatable bonds is 6. The number of methoxy groups -OCH3 is 1. The van der Waals surface area contributed by atoms with Gasteiger partial charge in [-0.2, -0.15) is 0 Å². The van der Waals surface area contributed by atoms with Crippen molar-refractivity contribution < 1.29 is 18.7 Å². The SMILES string of the molecule is COC(=O)C(COc1ccc(C)c(F)c1)NC(C)C. The van der Waals surface area contributed by atoms with Gasteiger partial charge in [-0.1, -0.05) is 19.9 Å². The topological polar surface area (TPSA) is 47.6 Å². The van der Waals surface area contributed by atoms with Crippen LogP contribution in [0.15, 0.2) is 18.2 Å². The number of carbonyl (C=O) groups excluding carboxylic acids is 1. The molecule has 5 heteroatoms. The molecule has 0 amide bonds. The van der Waals surface area contributed by atoms with E-state index in [2.05, 4.69) is 10.1 Å². The van der Waals surface area contributed by atoms with Crippen LogP contribution in [0.25, 0.3) is 0 Å². The molecule has 0 aliphatic rings. The molecule has 19 heavy (non-hydrogen) atoms. The van der Waals surface area contributed by atoms with E-state index in [4.69, 9.17) is 4.74 Å². The predicted octanol–water partition coefficient (Wildman–Crippen LogP) is 2.05. The molecule has 1 aromatic rings. The molecule has 4 nitrogen and oxygen atoms in total. The van der Waals surface area contributed by atoms with E-state index >= 15 is 0 Å². The monoisotopic (exact) mass is 269 g/mol. The van der Waals surface area contributed by atoms with E-state index < -0.39 is 12.0 Å². The van der Waals surface area contributed by atoms with Gasteiger partial charge in [-0.25, -0.2) is 4.39 Å². The van der Waals surface area contributed by atoms with Crippen molar-refractivity contribution in [1.82, 2.24) is 5.32 Å². The van der Waals surface area contributed by atoms with Crippen LogP contribution in [0.3, 0.4) is 0 Å². The number of aryl methyl sites for hydroxylation is 1. The average molecular weight is 269 g/mol. The number of hydrogen-bond donors (Lipinski definition) is 1. The molecule has 0 aromatic heterocycles. The summed E-state index contributed by atoms with van der Waals surface area (Å²) in [7, 11) is 1.32. The van der Waals surface area contributed by atoms with Crippen molar-refractivity contribution in [3.63, 3.8) is 0 Å². The molecule has 0 fully saturated rings. The number of ether oxygens (including phenoxy) is 2. The first-order valence-electron chi connectivity index (χ1n) is 6.17. The molecule has 1 rings (SSSR count). The Labute approximate surface area is 112 Å². The van der Waals surface area contributed by atoms with Crippen molar-refractivity contribution in [3.8, 4) is 5.75 Å². The van der Waals surface area contributed by atoms with Gasteiger partial charge in [0.25, 0.3) is 0 Å². The number of esters is 1. The standard InChI is InChI=1S/C14H20FNO3/c1-9(2)16-13(14(17)18-4)8-19-11-6-5-10(3)12(15)7-11/h5-7,9,13,16H,8H2,1-4H3. The summed E-state index contributed by atoms with van der Waals surface area (Å²) < 4.78 is 23.5. The molecule has 0 aliphatic carbocycles. The molecular weight excluding hydrogens is 249 g/mol. The summed E-state index contributed by atoms with van der Waals surface area (Å²) in [5.41, 5.74) is 0.553. The van der Waals surface area contributed by atoms with Gasteiger partial charge in [-0.3, -0.25) is 10.1 Å². The van der Waals surface area contributed by atoms with Crippen molar-refractivity contribution in [2.45, 2.75) is 32.9 Å². The van der Waals surface area contributed by atoms with Crippen molar-refractivity contribution in [2.24, 2.45) is 0 Å². The molecule has 1 unspecified atom stereocenters. The smallest absolute Gasteiger partial charge is 0.326 e. The zero-order valence-corrected chi connectivity index (χ0v) is 11.7. The third kappa shape index (κ3) is 4.87. The Morgan fingerprint density at radius 3 is 2.63 bits per heavy atom. The van der Waals surface area contributed by atoms with E-state index in [0.29, 0.717) is 11.3 Å². The highest BCUT2D eigenvalue weighted by molar-refractivity contribution is 5.75. The molecule has 0 saturated carbocycles. The largest absolute Gasteiger partial charge is 0.491 e. The quantitative estimate of drug-likeness (QED) is 0.803. The van der Waals surface area contributed by atoms with Crippen LogP contribution in [0.5, 0.6) is 5.75 Å². The lowest BCUT2D eigenvalue weighted by Gasteiger charge is -2.19. The number of nitrogens with one attached hydrogen (secondary N) is 1. The predicted molar refractivity (Wildman–Crippen MR) is 70.7 cm³/mol. The minimum atomic E-state index is -0.575. The first-order chi connectivity index (χ1) is 8.93. The van der Waals surface area contributed by atoms with Crippen LogP contribution in [0.4, 0.5) is 4.39 Å². The highest BCUT2D eigenvalue weighted by Crippen LogP contribution is 2.16. The highest BCUT2D eigenvalue weighted by atomic mass is 19.1. The molecule has 0 aliphatic heterocycles. The Morgan fingerprint density at radius 1 is 1.42 bits per heavy atom. The summed E-state index contributed by atoms with van der Waals surface area (Å²) in [5.74, 6) is -0.340. The van der Waals surface area contributed by atoms with E-state index in [1.807, 2.05) is 13.8 Å². The Balaban J connectivity index is 2.64. The Bertz CT molecular complexity index is 435. The minimum Gasteiger partial charge on any atom is -0.491 e. The first kappa shape index (κ1) is 15.4. The van der Waals surface area contributed by atoms with Crippen molar-refractivity contribution in [1.29, 1.82) is 0 Å². The lowest BCUT2D eigenvalue weighted by molar-refractivity contribution is -0.144. The van der Waals surface area contributed by atoms with Crippen LogP contribution in [0, 0.1) is 12.7 Å². The zero-order chi connectivity index (χ0) is 14.4. The Kier molecular flexibility index (Phi) is 5.76. The highest BCUT2D eigenvalue weighted by Gasteiger charge is 2.20. The summed E-state index contributed by atoms with van der Waals surface area (Å²) in [4.78, 5) is 11.6. The van der Waals surface area contributed by atoms with E-state index in [1.54, 1.807) is 19.1 Å². The average Bonchev–Trinajstić information content (AvgIpc) is 2.37. The Morgan fingerprint density at radius 2 is 2.11 bits per heavy atom. The van der Waals surface area contributed by atoms with Crippen LogP contribution >= 0.6 is 0 Å². The van der Waals surface area contributed by atoms with Gasteiger partial charge < -0.3 is 9.47 Å². The van der Waals surface area contributed by atoms with E-state index in [9.17, 15) is 9.18 Å². The summed E-state index contributed by atoms with van der Waals surface area (Å²) in [6, 6.07) is 4.14. The molecule has 0 spiro atoms. The molecule has 0 bridgehead atoms. The molecule has 0 saturated heterocycles. The molecule has 1 aromatic carbocycles. The summed E-state index contributed by atoms with van der Waals surface area (Å²) in [6.45, 7) is 5.60. The van der Waals surface area contributed by atoms with Gasteiger partial charge in [-0.15, -0.1) is 0 Å². The fourth-order valence-corrected chi connectivity index (χ4v) is 1.57. The maximum Gasteiger partial charge on any atom is 0.326 e. The number of benzene rings is 1. The van der Waals surface area contributed by atoms with Gasteiger partial charge in [0.1, 0.15) is 24.2 Å². The molecule has 0 radical (unpaired) electrons. The van der Waals surface area contributed by atoms with E-state index in [-0.39, 0.29) is 18.5 Å². The molecule has 1 N–H and O–H groups in total. The molecule has 106 valence electrons. The lowest BCUT2D eigenvalue weighted by Crippen LogP contribution is -2.45. The second-order valence-electron chi connectivity index (χ2n) is 4.62. The fraction of sp³-hybridized carbons (Fsp3) is 0.500. The van der Waals surface area contributed by atoms with Gasteiger partial charge in [0, 0.05) is 12.1 Å². The van der Waals surface area contributed by atoms with Crippen molar-refractivity contribution in [2.75, 3.05) is 13.7 Å². The van der Waals surface area contributed by atoms with Gasteiger partial charge in [-0.05, 0) is 18.6 Å².